The van der Waals surface area contributed by atoms with Gasteiger partial charge in [0.05, 0.1) is 29.8 Å². The van der Waals surface area contributed by atoms with Crippen molar-refractivity contribution in [3.05, 3.63) is 58.1 Å². The number of hydrogen-bond acceptors (Lipinski definition) is 5. The van der Waals surface area contributed by atoms with Gasteiger partial charge >= 0.3 is 0 Å². The Labute approximate surface area is 187 Å². The highest BCUT2D eigenvalue weighted by Gasteiger charge is 2.16. The number of pyridine rings is 1. The lowest BCUT2D eigenvalue weighted by Gasteiger charge is -2.11. The van der Waals surface area contributed by atoms with Crippen LogP contribution in [0.4, 0.5) is 0 Å². The molecule has 0 saturated heterocycles. The number of hydrogen-bond donors (Lipinski definition) is 1. The number of nitrogens with zero attached hydrogens (tertiary/aromatic N) is 4. The third-order valence-electron chi connectivity index (χ3n) is 4.54. The maximum Gasteiger partial charge on any atom is 0.227 e. The van der Waals surface area contributed by atoms with Gasteiger partial charge in [0.15, 0.2) is 5.82 Å². The van der Waals surface area contributed by atoms with Gasteiger partial charge in [-0.2, -0.15) is 5.10 Å². The summed E-state index contributed by atoms with van der Waals surface area (Å²) in [5.74, 6) is 1.59. The van der Waals surface area contributed by atoms with Crippen molar-refractivity contribution in [1.82, 2.24) is 25.1 Å². The molecule has 0 saturated carbocycles. The normalized spacial score (nSPS) is 11.1. The molecule has 0 atom stereocenters. The van der Waals surface area contributed by atoms with Crippen molar-refractivity contribution in [2.24, 2.45) is 0 Å². The molecule has 7 nitrogen and oxygen atoms in total. The van der Waals surface area contributed by atoms with Crippen LogP contribution < -0.4 is 10.1 Å². The van der Waals surface area contributed by atoms with Crippen LogP contribution in [0.15, 0.2) is 30.3 Å². The average Bonchev–Trinajstić information content (AvgIpc) is 3.10. The summed E-state index contributed by atoms with van der Waals surface area (Å²) in [6.07, 6.45) is 0.133. The van der Waals surface area contributed by atoms with Crippen LogP contribution in [0.1, 0.15) is 43.5 Å². The molecule has 0 aliphatic carbocycles. The van der Waals surface area contributed by atoms with Crippen molar-refractivity contribution < 1.29 is 9.53 Å². The number of ether oxygens (including phenoxy) is 1. The van der Waals surface area contributed by atoms with Crippen molar-refractivity contribution >= 4 is 17.5 Å². The number of carbonyl (C=O) groups is 1. The highest BCUT2D eigenvalue weighted by molar-refractivity contribution is 6.32. The standard InChI is InChI=1S/C23H28ClN5O2/c1-6-29-21(12-22(30)25-13-18-10-15(4)9-16(5)26-18)27-23(28-29)17-7-8-19(24)20(11-17)31-14(2)3/h7-11,14H,6,12-13H2,1-5H3,(H,25,30). The lowest BCUT2D eigenvalue weighted by Crippen LogP contribution is -2.26. The van der Waals surface area contributed by atoms with Crippen molar-refractivity contribution in [2.75, 3.05) is 0 Å². The Hall–Kier alpha value is -2.93. The molecule has 0 radical (unpaired) electrons. The average molecular weight is 442 g/mol. The Morgan fingerprint density at radius 1 is 1.19 bits per heavy atom. The molecule has 0 fully saturated rings. The van der Waals surface area contributed by atoms with E-state index in [1.165, 1.54) is 0 Å². The summed E-state index contributed by atoms with van der Waals surface area (Å²) in [6.45, 7) is 10.8. The predicted molar refractivity (Wildman–Crippen MR) is 121 cm³/mol. The van der Waals surface area contributed by atoms with Crippen LogP contribution in [0.5, 0.6) is 5.75 Å². The van der Waals surface area contributed by atoms with E-state index in [2.05, 4.69) is 20.4 Å². The van der Waals surface area contributed by atoms with E-state index in [0.717, 1.165) is 22.5 Å². The van der Waals surface area contributed by atoms with Crippen molar-refractivity contribution in [3.8, 4) is 17.1 Å². The molecule has 8 heteroatoms. The maximum absolute atomic E-state index is 12.5. The molecule has 3 rings (SSSR count). The quantitative estimate of drug-likeness (QED) is 0.564. The summed E-state index contributed by atoms with van der Waals surface area (Å²) in [5, 5.41) is 8.01. The first kappa shape index (κ1) is 22.7. The lowest BCUT2D eigenvalue weighted by molar-refractivity contribution is -0.120. The molecular formula is C23H28ClN5O2. The molecule has 31 heavy (non-hydrogen) atoms. The van der Waals surface area contributed by atoms with Gasteiger partial charge in [0.1, 0.15) is 11.6 Å². The summed E-state index contributed by atoms with van der Waals surface area (Å²) in [7, 11) is 0. The fourth-order valence-electron chi connectivity index (χ4n) is 3.28. The predicted octanol–water partition coefficient (Wildman–Crippen LogP) is 4.28. The van der Waals surface area contributed by atoms with E-state index < -0.39 is 0 Å². The molecule has 0 aliphatic heterocycles. The first-order valence-corrected chi connectivity index (χ1v) is 10.7. The molecule has 0 aliphatic rings. The molecule has 1 N–H and O–H groups in total. The van der Waals surface area contributed by atoms with Crippen LogP contribution in [0.3, 0.4) is 0 Å². The summed E-state index contributed by atoms with van der Waals surface area (Å²) in [4.78, 5) is 21.6. The van der Waals surface area contributed by atoms with Gasteiger partial charge in [-0.05, 0) is 70.5 Å². The zero-order chi connectivity index (χ0) is 22.5. The Bertz CT molecular complexity index is 1060. The number of amides is 1. The second-order valence-corrected chi connectivity index (χ2v) is 8.12. The lowest BCUT2D eigenvalue weighted by atomic mass is 10.2. The maximum atomic E-state index is 12.5. The topological polar surface area (TPSA) is 81.9 Å². The van der Waals surface area contributed by atoms with Gasteiger partial charge in [-0.15, -0.1) is 0 Å². The minimum Gasteiger partial charge on any atom is -0.489 e. The van der Waals surface area contributed by atoms with Gasteiger partial charge in [0.2, 0.25) is 5.91 Å². The van der Waals surface area contributed by atoms with Crippen LogP contribution in [-0.2, 0) is 24.3 Å². The largest absolute Gasteiger partial charge is 0.489 e. The molecule has 0 spiro atoms. The molecule has 2 heterocycles. The zero-order valence-corrected chi connectivity index (χ0v) is 19.3. The van der Waals surface area contributed by atoms with Gasteiger partial charge in [0.25, 0.3) is 0 Å². The number of aryl methyl sites for hydroxylation is 3. The van der Waals surface area contributed by atoms with E-state index in [1.807, 2.05) is 58.9 Å². The number of rotatable bonds is 8. The Kier molecular flexibility index (Phi) is 7.28. The summed E-state index contributed by atoms with van der Waals surface area (Å²) in [6, 6.07) is 9.42. The smallest absolute Gasteiger partial charge is 0.227 e. The van der Waals surface area contributed by atoms with Gasteiger partial charge in [-0.3, -0.25) is 9.78 Å². The van der Waals surface area contributed by atoms with Gasteiger partial charge < -0.3 is 10.1 Å². The van der Waals surface area contributed by atoms with Crippen LogP contribution in [0.25, 0.3) is 11.4 Å². The monoisotopic (exact) mass is 441 g/mol. The van der Waals surface area contributed by atoms with Crippen molar-refractivity contribution in [1.29, 1.82) is 0 Å². The Morgan fingerprint density at radius 3 is 2.65 bits per heavy atom. The molecular weight excluding hydrogens is 414 g/mol. The van der Waals surface area contributed by atoms with Gasteiger partial charge in [-0.1, -0.05) is 11.6 Å². The number of benzene rings is 1. The number of carbonyl (C=O) groups excluding carboxylic acids is 1. The molecule has 0 unspecified atom stereocenters. The van der Waals surface area contributed by atoms with E-state index in [1.54, 1.807) is 10.7 Å². The Balaban J connectivity index is 1.73. The van der Waals surface area contributed by atoms with Crippen LogP contribution in [0, 0.1) is 13.8 Å². The minimum absolute atomic E-state index is 0.000144. The van der Waals surface area contributed by atoms with Crippen molar-refractivity contribution in [3.63, 3.8) is 0 Å². The van der Waals surface area contributed by atoms with E-state index in [4.69, 9.17) is 16.3 Å². The highest BCUT2D eigenvalue weighted by atomic mass is 35.5. The van der Waals surface area contributed by atoms with E-state index >= 15 is 0 Å². The molecule has 2 aromatic heterocycles. The van der Waals surface area contributed by atoms with Gasteiger partial charge in [0, 0.05) is 17.8 Å². The minimum atomic E-state index is -0.130. The number of nitrogens with one attached hydrogen (secondary N) is 1. The number of aromatic nitrogens is 4. The fourth-order valence-corrected chi connectivity index (χ4v) is 3.44. The highest BCUT2D eigenvalue weighted by Crippen LogP contribution is 2.30. The second-order valence-electron chi connectivity index (χ2n) is 7.71. The molecule has 1 aromatic carbocycles. The third kappa shape index (κ3) is 6.04. The fraction of sp³-hybridized carbons (Fsp3) is 0.391. The van der Waals surface area contributed by atoms with E-state index in [9.17, 15) is 4.79 Å². The molecule has 3 aromatic rings. The summed E-state index contributed by atoms with van der Waals surface area (Å²) in [5.41, 5.74) is 3.68. The second kappa shape index (κ2) is 9.92. The third-order valence-corrected chi connectivity index (χ3v) is 4.85. The SMILES string of the molecule is CCn1nc(-c2ccc(Cl)c(OC(C)C)c2)nc1CC(=O)NCc1cc(C)cc(C)n1. The van der Waals surface area contributed by atoms with E-state index in [-0.39, 0.29) is 18.4 Å². The summed E-state index contributed by atoms with van der Waals surface area (Å²) >= 11 is 6.24. The first-order valence-electron chi connectivity index (χ1n) is 10.4. The van der Waals surface area contributed by atoms with E-state index in [0.29, 0.717) is 35.5 Å². The Morgan fingerprint density at radius 2 is 1.97 bits per heavy atom. The van der Waals surface area contributed by atoms with Crippen LogP contribution in [0.2, 0.25) is 5.02 Å². The van der Waals surface area contributed by atoms with Gasteiger partial charge in [-0.25, -0.2) is 9.67 Å². The summed E-state index contributed by atoms with van der Waals surface area (Å²) < 4.78 is 7.50. The van der Waals surface area contributed by atoms with Crippen LogP contribution >= 0.6 is 11.6 Å². The first-order chi connectivity index (χ1) is 14.7. The molecule has 0 bridgehead atoms. The van der Waals surface area contributed by atoms with Crippen molar-refractivity contribution in [2.45, 2.75) is 60.2 Å². The number of halogens is 1. The molecule has 164 valence electrons. The van der Waals surface area contributed by atoms with Crippen LogP contribution in [-0.4, -0.2) is 31.8 Å². The zero-order valence-electron chi connectivity index (χ0n) is 18.6. The molecule has 1 amide bonds.